The number of ether oxygens (including phenoxy) is 1. The second kappa shape index (κ2) is 6.55. The smallest absolute Gasteiger partial charge is 0.0752 e. The molecule has 2 saturated carbocycles. The lowest BCUT2D eigenvalue weighted by molar-refractivity contribution is -0.103. The molecule has 122 valence electrons. The van der Waals surface area contributed by atoms with E-state index in [4.69, 9.17) is 4.74 Å². The van der Waals surface area contributed by atoms with Gasteiger partial charge in [-0.2, -0.15) is 0 Å². The van der Waals surface area contributed by atoms with E-state index in [0.717, 1.165) is 38.1 Å². The van der Waals surface area contributed by atoms with Crippen molar-refractivity contribution < 1.29 is 9.84 Å². The highest BCUT2D eigenvalue weighted by molar-refractivity contribution is 5.03. The number of aliphatic hydroxyl groups excluding tert-OH is 1. The van der Waals surface area contributed by atoms with E-state index >= 15 is 0 Å². The lowest BCUT2D eigenvalue weighted by Gasteiger charge is -2.50. The fraction of sp³-hybridized carbons (Fsp3) is 1.00. The number of aliphatic hydroxyl groups is 1. The van der Waals surface area contributed by atoms with Gasteiger partial charge in [-0.15, -0.1) is 0 Å². The van der Waals surface area contributed by atoms with Crippen LogP contribution < -0.4 is 0 Å². The minimum atomic E-state index is -0.131. The Morgan fingerprint density at radius 3 is 2.33 bits per heavy atom. The van der Waals surface area contributed by atoms with Gasteiger partial charge in [-0.1, -0.05) is 33.1 Å². The van der Waals surface area contributed by atoms with Crippen LogP contribution in [-0.2, 0) is 4.74 Å². The first-order valence-electron chi connectivity index (χ1n) is 9.14. The highest BCUT2D eigenvalue weighted by Crippen LogP contribution is 2.45. The summed E-state index contributed by atoms with van der Waals surface area (Å²) in [7, 11) is 0. The molecule has 0 amide bonds. The monoisotopic (exact) mass is 295 g/mol. The Kier molecular flexibility index (Phi) is 4.92. The number of hydrogen-bond acceptors (Lipinski definition) is 3. The summed E-state index contributed by atoms with van der Waals surface area (Å²) in [6.45, 7) is 8.45. The Bertz CT molecular complexity index is 334. The SMILES string of the molecule is CC1CCC(C(O)C2(N3CCOCC3)CCCC2)CC1C. The van der Waals surface area contributed by atoms with E-state index < -0.39 is 0 Å². The highest BCUT2D eigenvalue weighted by Gasteiger charge is 2.49. The molecule has 3 fully saturated rings. The van der Waals surface area contributed by atoms with Gasteiger partial charge in [0.25, 0.3) is 0 Å². The Morgan fingerprint density at radius 1 is 1.05 bits per heavy atom. The van der Waals surface area contributed by atoms with Crippen molar-refractivity contribution in [1.29, 1.82) is 0 Å². The molecule has 0 spiro atoms. The van der Waals surface area contributed by atoms with Crippen LogP contribution in [0.5, 0.6) is 0 Å². The van der Waals surface area contributed by atoms with Gasteiger partial charge in [-0.05, 0) is 43.4 Å². The number of morpholine rings is 1. The molecule has 2 aliphatic carbocycles. The Balaban J connectivity index is 1.73. The first-order chi connectivity index (χ1) is 10.1. The van der Waals surface area contributed by atoms with Crippen molar-refractivity contribution in [2.75, 3.05) is 26.3 Å². The molecule has 3 nitrogen and oxygen atoms in total. The van der Waals surface area contributed by atoms with E-state index in [9.17, 15) is 5.11 Å². The summed E-state index contributed by atoms with van der Waals surface area (Å²) in [5.41, 5.74) is 0.0642. The van der Waals surface area contributed by atoms with Gasteiger partial charge in [0.05, 0.1) is 19.3 Å². The molecule has 0 radical (unpaired) electrons. The average molecular weight is 295 g/mol. The lowest BCUT2D eigenvalue weighted by atomic mass is 9.69. The second-order valence-electron chi connectivity index (χ2n) is 7.88. The molecule has 4 unspecified atom stereocenters. The summed E-state index contributed by atoms with van der Waals surface area (Å²) in [6, 6.07) is 0. The molecule has 1 aliphatic heterocycles. The van der Waals surface area contributed by atoms with Gasteiger partial charge in [0.15, 0.2) is 0 Å². The molecule has 1 N–H and O–H groups in total. The van der Waals surface area contributed by atoms with Crippen molar-refractivity contribution in [2.24, 2.45) is 17.8 Å². The van der Waals surface area contributed by atoms with Crippen molar-refractivity contribution in [2.45, 2.75) is 70.4 Å². The molecule has 1 heterocycles. The zero-order chi connectivity index (χ0) is 14.9. The number of nitrogens with zero attached hydrogens (tertiary/aromatic N) is 1. The first-order valence-corrected chi connectivity index (χ1v) is 9.14. The minimum Gasteiger partial charge on any atom is -0.391 e. The van der Waals surface area contributed by atoms with Crippen LogP contribution in [0.15, 0.2) is 0 Å². The normalized spacial score (nSPS) is 39.3. The van der Waals surface area contributed by atoms with Gasteiger partial charge in [0, 0.05) is 18.6 Å². The van der Waals surface area contributed by atoms with Crippen LogP contribution in [0.25, 0.3) is 0 Å². The molecule has 0 aromatic heterocycles. The van der Waals surface area contributed by atoms with Crippen molar-refractivity contribution in [3.05, 3.63) is 0 Å². The van der Waals surface area contributed by atoms with Gasteiger partial charge < -0.3 is 9.84 Å². The molecule has 3 aliphatic rings. The molecule has 0 bridgehead atoms. The average Bonchev–Trinajstić information content (AvgIpc) is 3.01. The van der Waals surface area contributed by atoms with Crippen LogP contribution in [0, 0.1) is 17.8 Å². The molecule has 1 saturated heterocycles. The summed E-state index contributed by atoms with van der Waals surface area (Å²) in [6.07, 6.45) is 8.55. The second-order valence-corrected chi connectivity index (χ2v) is 7.88. The molecule has 3 heteroatoms. The van der Waals surface area contributed by atoms with Gasteiger partial charge >= 0.3 is 0 Å². The minimum absolute atomic E-state index is 0.0642. The summed E-state index contributed by atoms with van der Waals surface area (Å²) >= 11 is 0. The molecule has 3 rings (SSSR count). The summed E-state index contributed by atoms with van der Waals surface area (Å²) in [5, 5.41) is 11.3. The number of hydrogen-bond donors (Lipinski definition) is 1. The Labute approximate surface area is 130 Å². The van der Waals surface area contributed by atoms with Crippen molar-refractivity contribution in [3.63, 3.8) is 0 Å². The predicted molar refractivity (Wildman–Crippen MR) is 85.3 cm³/mol. The summed E-state index contributed by atoms with van der Waals surface area (Å²) < 4.78 is 5.54. The maximum Gasteiger partial charge on any atom is 0.0752 e. The first kappa shape index (κ1) is 15.8. The van der Waals surface area contributed by atoms with Crippen LogP contribution in [0.4, 0.5) is 0 Å². The highest BCUT2D eigenvalue weighted by atomic mass is 16.5. The molecule has 4 atom stereocenters. The van der Waals surface area contributed by atoms with Crippen LogP contribution in [0.3, 0.4) is 0 Å². The summed E-state index contributed by atoms with van der Waals surface area (Å²) in [4.78, 5) is 2.58. The third-order valence-electron chi connectivity index (χ3n) is 6.75. The summed E-state index contributed by atoms with van der Waals surface area (Å²) in [5.74, 6) is 2.11. The van der Waals surface area contributed by atoms with Gasteiger partial charge in [0.2, 0.25) is 0 Å². The van der Waals surface area contributed by atoms with E-state index in [1.54, 1.807) is 0 Å². The predicted octanol–water partition coefficient (Wildman–Crippen LogP) is 3.06. The Morgan fingerprint density at radius 2 is 1.71 bits per heavy atom. The Hall–Kier alpha value is -0.120. The van der Waals surface area contributed by atoms with E-state index in [0.29, 0.717) is 5.92 Å². The van der Waals surface area contributed by atoms with Crippen LogP contribution in [0.2, 0.25) is 0 Å². The zero-order valence-corrected chi connectivity index (χ0v) is 13.9. The van der Waals surface area contributed by atoms with E-state index in [-0.39, 0.29) is 11.6 Å². The van der Waals surface area contributed by atoms with E-state index in [2.05, 4.69) is 18.7 Å². The van der Waals surface area contributed by atoms with E-state index in [1.165, 1.54) is 44.9 Å². The van der Waals surface area contributed by atoms with Gasteiger partial charge in [-0.3, -0.25) is 4.90 Å². The third kappa shape index (κ3) is 3.02. The maximum atomic E-state index is 11.3. The van der Waals surface area contributed by atoms with Crippen molar-refractivity contribution >= 4 is 0 Å². The maximum absolute atomic E-state index is 11.3. The quantitative estimate of drug-likeness (QED) is 0.868. The molecular weight excluding hydrogens is 262 g/mol. The van der Waals surface area contributed by atoms with Gasteiger partial charge in [-0.25, -0.2) is 0 Å². The topological polar surface area (TPSA) is 32.7 Å². The fourth-order valence-electron chi connectivity index (χ4n) is 5.11. The largest absolute Gasteiger partial charge is 0.391 e. The molecule has 0 aromatic carbocycles. The van der Waals surface area contributed by atoms with Crippen molar-refractivity contribution in [1.82, 2.24) is 4.90 Å². The lowest BCUT2D eigenvalue weighted by Crippen LogP contribution is -2.60. The fourth-order valence-corrected chi connectivity index (χ4v) is 5.11. The molecule has 0 aromatic rings. The third-order valence-corrected chi connectivity index (χ3v) is 6.75. The van der Waals surface area contributed by atoms with Crippen LogP contribution >= 0.6 is 0 Å². The molecular formula is C18H33NO2. The number of rotatable bonds is 3. The van der Waals surface area contributed by atoms with Gasteiger partial charge in [0.1, 0.15) is 0 Å². The standard InChI is InChI=1S/C18H33NO2/c1-14-5-6-16(13-15(14)2)17(20)18(7-3-4-8-18)19-9-11-21-12-10-19/h14-17,20H,3-13H2,1-2H3. The zero-order valence-electron chi connectivity index (χ0n) is 13.9. The van der Waals surface area contributed by atoms with Crippen LogP contribution in [-0.4, -0.2) is 48.0 Å². The van der Waals surface area contributed by atoms with E-state index in [1.807, 2.05) is 0 Å². The van der Waals surface area contributed by atoms with Crippen molar-refractivity contribution in [3.8, 4) is 0 Å². The van der Waals surface area contributed by atoms with Crippen LogP contribution in [0.1, 0.15) is 58.8 Å². The molecule has 21 heavy (non-hydrogen) atoms.